The number of amides is 1. The molecule has 4 rings (SSSR count). The van der Waals surface area contributed by atoms with Gasteiger partial charge >= 0.3 is 0 Å². The monoisotopic (exact) mass is 492 g/mol. The van der Waals surface area contributed by atoms with Crippen LogP contribution >= 0.6 is 0 Å². The minimum Gasteiger partial charge on any atom is -0.352 e. The van der Waals surface area contributed by atoms with Gasteiger partial charge in [-0.25, -0.2) is 17.5 Å². The second-order valence-electron chi connectivity index (χ2n) is 7.99. The van der Waals surface area contributed by atoms with Crippen LogP contribution in [0.2, 0.25) is 0 Å². The number of benzene rings is 3. The summed E-state index contributed by atoms with van der Waals surface area (Å²) in [6, 6.07) is 20.9. The number of anilines is 1. The molecule has 0 radical (unpaired) electrons. The molecule has 0 aliphatic rings. The molecule has 7 nitrogen and oxygen atoms in total. The summed E-state index contributed by atoms with van der Waals surface area (Å²) in [6.07, 6.45) is 3.49. The average Bonchev–Trinajstić information content (AvgIpc) is 3.24. The SMILES string of the molecule is Cc1nn(-c2ccccc2)cc1CCCNC(=O)c1ccc(S(=O)(=O)Nc2ccccc2F)cc1. The Kier molecular flexibility index (Phi) is 7.26. The zero-order valence-electron chi connectivity index (χ0n) is 19.1. The third-order valence-electron chi connectivity index (χ3n) is 5.47. The zero-order chi connectivity index (χ0) is 24.8. The summed E-state index contributed by atoms with van der Waals surface area (Å²) >= 11 is 0. The molecule has 0 aliphatic carbocycles. The number of hydrogen-bond acceptors (Lipinski definition) is 4. The number of halogens is 1. The van der Waals surface area contributed by atoms with Gasteiger partial charge in [0.05, 0.1) is 22.0 Å². The molecule has 0 unspecified atom stereocenters. The molecule has 2 N–H and O–H groups in total. The quantitative estimate of drug-likeness (QED) is 0.337. The molecule has 4 aromatic rings. The summed E-state index contributed by atoms with van der Waals surface area (Å²) in [7, 11) is -3.98. The minimum absolute atomic E-state index is 0.0665. The highest BCUT2D eigenvalue weighted by molar-refractivity contribution is 7.92. The van der Waals surface area contributed by atoms with Crippen LogP contribution in [0, 0.1) is 12.7 Å². The van der Waals surface area contributed by atoms with E-state index in [-0.39, 0.29) is 16.5 Å². The first-order valence-electron chi connectivity index (χ1n) is 11.1. The van der Waals surface area contributed by atoms with E-state index in [0.29, 0.717) is 12.1 Å². The smallest absolute Gasteiger partial charge is 0.261 e. The van der Waals surface area contributed by atoms with Crippen LogP contribution < -0.4 is 10.0 Å². The normalized spacial score (nSPS) is 11.3. The summed E-state index contributed by atoms with van der Waals surface area (Å²) in [5.41, 5.74) is 3.24. The van der Waals surface area contributed by atoms with Gasteiger partial charge in [-0.1, -0.05) is 30.3 Å². The molecule has 9 heteroatoms. The Labute approximate surface area is 203 Å². The van der Waals surface area contributed by atoms with Gasteiger partial charge in [0.1, 0.15) is 5.82 Å². The largest absolute Gasteiger partial charge is 0.352 e. The predicted molar refractivity (Wildman–Crippen MR) is 133 cm³/mol. The van der Waals surface area contributed by atoms with Gasteiger partial charge in [0, 0.05) is 18.3 Å². The van der Waals surface area contributed by atoms with Crippen molar-refractivity contribution < 1.29 is 17.6 Å². The number of rotatable bonds is 9. The molecule has 1 aromatic heterocycles. The number of aryl methyl sites for hydroxylation is 2. The summed E-state index contributed by atoms with van der Waals surface area (Å²) in [5.74, 6) is -0.970. The molecular formula is C26H25FN4O3S. The van der Waals surface area contributed by atoms with Crippen molar-refractivity contribution in [3.63, 3.8) is 0 Å². The fourth-order valence-electron chi connectivity index (χ4n) is 3.57. The fraction of sp³-hybridized carbons (Fsp3) is 0.154. The number of carbonyl (C=O) groups is 1. The van der Waals surface area contributed by atoms with Crippen LogP contribution in [0.5, 0.6) is 0 Å². The number of hydrogen-bond donors (Lipinski definition) is 2. The van der Waals surface area contributed by atoms with Crippen molar-refractivity contribution >= 4 is 21.6 Å². The molecule has 35 heavy (non-hydrogen) atoms. The maximum Gasteiger partial charge on any atom is 0.261 e. The first-order chi connectivity index (χ1) is 16.8. The molecule has 0 aliphatic heterocycles. The van der Waals surface area contributed by atoms with Crippen LogP contribution in [-0.4, -0.2) is 30.7 Å². The van der Waals surface area contributed by atoms with E-state index >= 15 is 0 Å². The number of para-hydroxylation sites is 2. The molecule has 0 spiro atoms. The van der Waals surface area contributed by atoms with E-state index in [1.807, 2.05) is 48.1 Å². The highest BCUT2D eigenvalue weighted by Crippen LogP contribution is 2.19. The number of nitrogens with one attached hydrogen (secondary N) is 2. The fourth-order valence-corrected chi connectivity index (χ4v) is 4.64. The Morgan fingerprint density at radius 2 is 1.66 bits per heavy atom. The lowest BCUT2D eigenvalue weighted by molar-refractivity contribution is 0.0953. The van der Waals surface area contributed by atoms with Crippen molar-refractivity contribution in [1.29, 1.82) is 0 Å². The van der Waals surface area contributed by atoms with E-state index in [0.717, 1.165) is 29.8 Å². The highest BCUT2D eigenvalue weighted by atomic mass is 32.2. The Morgan fingerprint density at radius 3 is 2.37 bits per heavy atom. The zero-order valence-corrected chi connectivity index (χ0v) is 19.9. The van der Waals surface area contributed by atoms with Gasteiger partial charge in [0.25, 0.3) is 15.9 Å². The van der Waals surface area contributed by atoms with E-state index < -0.39 is 15.8 Å². The molecule has 0 saturated carbocycles. The number of sulfonamides is 1. The van der Waals surface area contributed by atoms with E-state index in [2.05, 4.69) is 15.1 Å². The van der Waals surface area contributed by atoms with E-state index in [4.69, 9.17) is 0 Å². The Hall–Kier alpha value is -3.98. The maximum absolute atomic E-state index is 13.8. The van der Waals surface area contributed by atoms with E-state index in [1.54, 1.807) is 0 Å². The third kappa shape index (κ3) is 5.93. The van der Waals surface area contributed by atoms with Crippen LogP contribution in [0.4, 0.5) is 10.1 Å². The molecule has 1 amide bonds. The molecular weight excluding hydrogens is 467 g/mol. The predicted octanol–water partition coefficient (Wildman–Crippen LogP) is 4.48. The third-order valence-corrected chi connectivity index (χ3v) is 6.86. The summed E-state index contributed by atoms with van der Waals surface area (Å²) in [6.45, 7) is 2.42. The van der Waals surface area contributed by atoms with Crippen LogP contribution in [0.1, 0.15) is 28.0 Å². The van der Waals surface area contributed by atoms with Gasteiger partial charge in [0.15, 0.2) is 0 Å². The van der Waals surface area contributed by atoms with Gasteiger partial charge in [-0.15, -0.1) is 0 Å². The van der Waals surface area contributed by atoms with Crippen molar-refractivity contribution in [2.45, 2.75) is 24.7 Å². The Balaban J connectivity index is 1.30. The first kappa shape index (κ1) is 24.2. The van der Waals surface area contributed by atoms with Crippen LogP contribution in [0.3, 0.4) is 0 Å². The second kappa shape index (κ2) is 10.5. The van der Waals surface area contributed by atoms with Crippen LogP contribution in [0.15, 0.2) is 90.0 Å². The Bertz CT molecular complexity index is 1420. The highest BCUT2D eigenvalue weighted by Gasteiger charge is 2.17. The topological polar surface area (TPSA) is 93.1 Å². The lowest BCUT2D eigenvalue weighted by atomic mass is 10.1. The molecule has 0 bridgehead atoms. The van der Waals surface area contributed by atoms with Crippen molar-refractivity contribution in [2.75, 3.05) is 11.3 Å². The lowest BCUT2D eigenvalue weighted by Crippen LogP contribution is -2.25. The molecule has 0 fully saturated rings. The van der Waals surface area contributed by atoms with E-state index in [9.17, 15) is 17.6 Å². The maximum atomic E-state index is 13.8. The standard InChI is InChI=1S/C26H25FN4O3S/c1-19-21(18-31(29-19)22-9-3-2-4-10-22)8-7-17-28-26(32)20-13-15-23(16-14-20)35(33,34)30-25-12-6-5-11-24(25)27/h2-6,9-16,18,30H,7-8,17H2,1H3,(H,28,32). The molecule has 0 atom stereocenters. The number of aromatic nitrogens is 2. The first-order valence-corrected chi connectivity index (χ1v) is 12.6. The second-order valence-corrected chi connectivity index (χ2v) is 9.67. The summed E-state index contributed by atoms with van der Waals surface area (Å²) in [5, 5.41) is 7.41. The average molecular weight is 493 g/mol. The van der Waals surface area contributed by atoms with Gasteiger partial charge in [-0.2, -0.15) is 5.10 Å². The van der Waals surface area contributed by atoms with E-state index in [1.165, 1.54) is 48.5 Å². The molecule has 3 aromatic carbocycles. The van der Waals surface area contributed by atoms with Crippen molar-refractivity contribution in [3.05, 3.63) is 108 Å². The van der Waals surface area contributed by atoms with Gasteiger partial charge < -0.3 is 5.32 Å². The van der Waals surface area contributed by atoms with Gasteiger partial charge in [-0.3, -0.25) is 9.52 Å². The minimum atomic E-state index is -3.98. The van der Waals surface area contributed by atoms with Gasteiger partial charge in [-0.05, 0) is 73.9 Å². The Morgan fingerprint density at radius 1 is 0.971 bits per heavy atom. The number of nitrogens with zero attached hydrogens (tertiary/aromatic N) is 2. The molecule has 1 heterocycles. The lowest BCUT2D eigenvalue weighted by Gasteiger charge is -2.10. The summed E-state index contributed by atoms with van der Waals surface area (Å²) in [4.78, 5) is 12.4. The van der Waals surface area contributed by atoms with Crippen LogP contribution in [-0.2, 0) is 16.4 Å². The van der Waals surface area contributed by atoms with Crippen molar-refractivity contribution in [3.8, 4) is 5.69 Å². The van der Waals surface area contributed by atoms with Crippen LogP contribution in [0.25, 0.3) is 5.69 Å². The van der Waals surface area contributed by atoms with Gasteiger partial charge in [0.2, 0.25) is 0 Å². The summed E-state index contributed by atoms with van der Waals surface area (Å²) < 4.78 is 42.9. The molecule has 180 valence electrons. The molecule has 0 saturated heterocycles. The van der Waals surface area contributed by atoms with Crippen molar-refractivity contribution in [2.24, 2.45) is 0 Å². The number of carbonyl (C=O) groups excluding carboxylic acids is 1. The van der Waals surface area contributed by atoms with Crippen molar-refractivity contribution in [1.82, 2.24) is 15.1 Å².